The number of nitrogens with two attached hydrogens (primary N) is 1. The number of nitrogens with one attached hydrogen (secondary N) is 1. The fraction of sp³-hybridized carbons (Fsp3) is 0.714. The van der Waals surface area contributed by atoms with E-state index in [0.717, 1.165) is 18.5 Å². The molecule has 2 heterocycles. The van der Waals surface area contributed by atoms with E-state index in [0.29, 0.717) is 13.2 Å². The Morgan fingerprint density at radius 3 is 3.15 bits per heavy atom. The predicted molar refractivity (Wildman–Crippen MR) is 77.4 cm³/mol. The second-order valence-electron chi connectivity index (χ2n) is 6.26. The Labute approximate surface area is 122 Å². The van der Waals surface area contributed by atoms with Crippen molar-refractivity contribution in [2.75, 3.05) is 13.2 Å². The van der Waals surface area contributed by atoms with E-state index in [4.69, 9.17) is 10.5 Å². The lowest BCUT2D eigenvalue weighted by molar-refractivity contribution is -0.175. The van der Waals surface area contributed by atoms with Crippen molar-refractivity contribution in [3.63, 3.8) is 0 Å². The van der Waals surface area contributed by atoms with Gasteiger partial charge in [-0.25, -0.2) is 4.98 Å². The average Bonchev–Trinajstić information content (AvgIpc) is 3.07. The first-order chi connectivity index (χ1) is 9.48. The van der Waals surface area contributed by atoms with Crippen LogP contribution in [-0.2, 0) is 16.0 Å². The van der Waals surface area contributed by atoms with Crippen molar-refractivity contribution in [2.45, 2.75) is 38.3 Å². The lowest BCUT2D eigenvalue weighted by Gasteiger charge is -2.60. The van der Waals surface area contributed by atoms with Crippen molar-refractivity contribution in [1.82, 2.24) is 10.3 Å². The molecule has 0 spiro atoms. The van der Waals surface area contributed by atoms with Crippen LogP contribution in [0.3, 0.4) is 0 Å². The molecule has 0 aromatic carbocycles. The van der Waals surface area contributed by atoms with Gasteiger partial charge < -0.3 is 15.8 Å². The Balaban J connectivity index is 1.61. The maximum absolute atomic E-state index is 12.5. The van der Waals surface area contributed by atoms with Crippen molar-refractivity contribution in [2.24, 2.45) is 17.1 Å². The molecule has 110 valence electrons. The normalized spacial score (nSPS) is 34.4. The van der Waals surface area contributed by atoms with Gasteiger partial charge in [0.05, 0.1) is 17.3 Å². The molecule has 1 saturated heterocycles. The number of ether oxygens (including phenoxy) is 1. The molecule has 6 heteroatoms. The molecule has 1 amide bonds. The van der Waals surface area contributed by atoms with Gasteiger partial charge >= 0.3 is 0 Å². The third-order valence-electron chi connectivity index (χ3n) is 4.98. The summed E-state index contributed by atoms with van der Waals surface area (Å²) in [6.45, 7) is 5.35. The summed E-state index contributed by atoms with van der Waals surface area (Å²) < 4.78 is 5.71. The Bertz CT molecular complexity index is 503. The zero-order valence-electron chi connectivity index (χ0n) is 11.9. The minimum Gasteiger partial charge on any atom is -0.377 e. The molecule has 5 nitrogen and oxygen atoms in total. The van der Waals surface area contributed by atoms with Gasteiger partial charge in [-0.3, -0.25) is 4.79 Å². The third-order valence-corrected chi connectivity index (χ3v) is 5.62. The fourth-order valence-corrected chi connectivity index (χ4v) is 4.25. The summed E-state index contributed by atoms with van der Waals surface area (Å²) in [7, 11) is 0. The first-order valence-electron chi connectivity index (χ1n) is 7.04. The van der Waals surface area contributed by atoms with Gasteiger partial charge in [0.2, 0.25) is 5.91 Å². The van der Waals surface area contributed by atoms with E-state index in [1.807, 2.05) is 19.2 Å². The average molecular weight is 295 g/mol. The first kappa shape index (κ1) is 14.0. The zero-order valence-corrected chi connectivity index (χ0v) is 12.7. The van der Waals surface area contributed by atoms with E-state index in [9.17, 15) is 4.79 Å². The summed E-state index contributed by atoms with van der Waals surface area (Å²) >= 11 is 1.57. The van der Waals surface area contributed by atoms with Gasteiger partial charge in [0, 0.05) is 36.3 Å². The standard InChI is InChI=1S/C14H21N3O2S/c1-13(2)11-10(4-6-19-11)14(13,15)12(18)16-5-3-9-7-20-8-17-9/h7-8,10-11H,3-6,15H2,1-2H3,(H,16,18). The maximum atomic E-state index is 12.5. The van der Waals surface area contributed by atoms with Crippen LogP contribution in [0.1, 0.15) is 26.0 Å². The third kappa shape index (κ3) is 1.82. The van der Waals surface area contributed by atoms with Gasteiger partial charge in [-0.1, -0.05) is 13.8 Å². The largest absolute Gasteiger partial charge is 0.377 e. The van der Waals surface area contributed by atoms with Crippen molar-refractivity contribution >= 4 is 17.2 Å². The monoisotopic (exact) mass is 295 g/mol. The SMILES string of the molecule is CC1(C)C2OCCC2C1(N)C(=O)NCCc1cscn1. The summed E-state index contributed by atoms with van der Waals surface area (Å²) in [6, 6.07) is 0. The number of amides is 1. The van der Waals surface area contributed by atoms with Gasteiger partial charge in [0.25, 0.3) is 0 Å². The number of thiazole rings is 1. The van der Waals surface area contributed by atoms with E-state index in [1.165, 1.54) is 0 Å². The van der Waals surface area contributed by atoms with Gasteiger partial charge in [-0.2, -0.15) is 0 Å². The van der Waals surface area contributed by atoms with E-state index in [2.05, 4.69) is 10.3 Å². The van der Waals surface area contributed by atoms with Crippen LogP contribution in [0.5, 0.6) is 0 Å². The quantitative estimate of drug-likeness (QED) is 0.867. The second-order valence-corrected chi connectivity index (χ2v) is 6.98. The number of rotatable bonds is 4. The van der Waals surface area contributed by atoms with Gasteiger partial charge in [-0.15, -0.1) is 11.3 Å². The predicted octanol–water partition coefficient (Wildman–Crippen LogP) is 0.944. The minimum absolute atomic E-state index is 0.0514. The Kier molecular flexibility index (Phi) is 3.35. The van der Waals surface area contributed by atoms with E-state index in [-0.39, 0.29) is 23.3 Å². The number of aromatic nitrogens is 1. The smallest absolute Gasteiger partial charge is 0.241 e. The lowest BCUT2D eigenvalue weighted by atomic mass is 9.48. The molecule has 2 fully saturated rings. The number of carbonyl (C=O) groups excluding carboxylic acids is 1. The van der Waals surface area contributed by atoms with Crippen molar-refractivity contribution < 1.29 is 9.53 Å². The van der Waals surface area contributed by atoms with Crippen molar-refractivity contribution in [1.29, 1.82) is 0 Å². The molecule has 1 aromatic heterocycles. The highest BCUT2D eigenvalue weighted by Gasteiger charge is 2.71. The van der Waals surface area contributed by atoms with Crippen LogP contribution >= 0.6 is 11.3 Å². The molecule has 1 saturated carbocycles. The Hall–Kier alpha value is -0.980. The first-order valence-corrected chi connectivity index (χ1v) is 7.98. The summed E-state index contributed by atoms with van der Waals surface area (Å²) in [6.07, 6.45) is 1.75. The minimum atomic E-state index is -0.809. The highest BCUT2D eigenvalue weighted by atomic mass is 32.1. The molecular formula is C14H21N3O2S. The number of fused-ring (bicyclic) bond motifs is 1. The van der Waals surface area contributed by atoms with Crippen molar-refractivity contribution in [3.05, 3.63) is 16.6 Å². The molecule has 0 bridgehead atoms. The van der Waals surface area contributed by atoms with E-state index in [1.54, 1.807) is 16.8 Å². The van der Waals surface area contributed by atoms with E-state index >= 15 is 0 Å². The number of nitrogens with zero attached hydrogens (tertiary/aromatic N) is 1. The Morgan fingerprint density at radius 2 is 2.45 bits per heavy atom. The molecule has 2 aliphatic rings. The van der Waals surface area contributed by atoms with Gasteiger partial charge in [-0.05, 0) is 6.42 Å². The molecule has 3 N–H and O–H groups in total. The Morgan fingerprint density at radius 1 is 1.65 bits per heavy atom. The van der Waals surface area contributed by atoms with Gasteiger partial charge in [0.1, 0.15) is 5.54 Å². The molecule has 20 heavy (non-hydrogen) atoms. The topological polar surface area (TPSA) is 77.2 Å². The summed E-state index contributed by atoms with van der Waals surface area (Å²) in [5.41, 5.74) is 8.16. The summed E-state index contributed by atoms with van der Waals surface area (Å²) in [5, 5.41) is 4.98. The maximum Gasteiger partial charge on any atom is 0.241 e. The van der Waals surface area contributed by atoms with Gasteiger partial charge in [0.15, 0.2) is 0 Å². The van der Waals surface area contributed by atoms with Crippen LogP contribution in [0.25, 0.3) is 0 Å². The highest BCUT2D eigenvalue weighted by molar-refractivity contribution is 7.07. The second kappa shape index (κ2) is 4.79. The lowest BCUT2D eigenvalue weighted by Crippen LogP contribution is -2.80. The molecule has 0 radical (unpaired) electrons. The number of carbonyl (C=O) groups is 1. The summed E-state index contributed by atoms with van der Waals surface area (Å²) in [5.74, 6) is 0.0984. The van der Waals surface area contributed by atoms with Crippen LogP contribution < -0.4 is 11.1 Å². The number of hydrogen-bond acceptors (Lipinski definition) is 5. The van der Waals surface area contributed by atoms with Crippen molar-refractivity contribution in [3.8, 4) is 0 Å². The van der Waals surface area contributed by atoms with Crippen LogP contribution in [0, 0.1) is 11.3 Å². The zero-order chi connectivity index (χ0) is 14.4. The highest BCUT2D eigenvalue weighted by Crippen LogP contribution is 2.58. The van der Waals surface area contributed by atoms with Crippen LogP contribution in [-0.4, -0.2) is 35.7 Å². The summed E-state index contributed by atoms with van der Waals surface area (Å²) in [4.78, 5) is 16.7. The molecular weight excluding hydrogens is 274 g/mol. The molecule has 1 aromatic rings. The molecule has 3 atom stereocenters. The van der Waals surface area contributed by atoms with Crippen LogP contribution in [0.2, 0.25) is 0 Å². The molecule has 3 unspecified atom stereocenters. The molecule has 3 rings (SSSR count). The van der Waals surface area contributed by atoms with Crippen LogP contribution in [0.4, 0.5) is 0 Å². The van der Waals surface area contributed by atoms with E-state index < -0.39 is 5.54 Å². The molecule has 1 aliphatic carbocycles. The number of hydrogen-bond donors (Lipinski definition) is 2. The molecule has 1 aliphatic heterocycles. The van der Waals surface area contributed by atoms with Crippen LogP contribution in [0.15, 0.2) is 10.9 Å². The fourth-order valence-electron chi connectivity index (χ4n) is 3.66.